The zero-order valence-electron chi connectivity index (χ0n) is 18.3. The van der Waals surface area contributed by atoms with Crippen molar-refractivity contribution in [3.8, 4) is 17.6 Å². The number of amides is 1. The van der Waals surface area contributed by atoms with Crippen LogP contribution in [-0.4, -0.2) is 19.1 Å². The number of benzene rings is 3. The number of para-hydroxylation sites is 1. The lowest BCUT2D eigenvalue weighted by Gasteiger charge is -2.12. The number of carbonyl (C=O) groups is 1. The Morgan fingerprint density at radius 1 is 0.938 bits per heavy atom. The molecule has 0 aliphatic heterocycles. The molecule has 5 nitrogen and oxygen atoms in total. The van der Waals surface area contributed by atoms with Crippen LogP contribution in [0.5, 0.6) is 11.5 Å². The van der Waals surface area contributed by atoms with E-state index in [1.54, 1.807) is 18.2 Å². The van der Waals surface area contributed by atoms with Crippen LogP contribution >= 0.6 is 0 Å². The summed E-state index contributed by atoms with van der Waals surface area (Å²) in [7, 11) is 0. The molecule has 0 spiro atoms. The second kappa shape index (κ2) is 11.4. The first-order valence-corrected chi connectivity index (χ1v) is 10.4. The van der Waals surface area contributed by atoms with Gasteiger partial charge in [-0.25, -0.2) is 0 Å². The van der Waals surface area contributed by atoms with Crippen LogP contribution in [0, 0.1) is 25.2 Å². The minimum atomic E-state index is -0.427. The Morgan fingerprint density at radius 3 is 2.41 bits per heavy atom. The third-order valence-electron chi connectivity index (χ3n) is 4.97. The van der Waals surface area contributed by atoms with Crippen LogP contribution < -0.4 is 14.8 Å². The van der Waals surface area contributed by atoms with E-state index >= 15 is 0 Å². The van der Waals surface area contributed by atoms with Gasteiger partial charge in [0, 0.05) is 12.1 Å². The topological polar surface area (TPSA) is 71.3 Å². The highest BCUT2D eigenvalue weighted by Gasteiger charge is 2.11. The molecule has 1 amide bonds. The predicted octanol–water partition coefficient (Wildman–Crippen LogP) is 4.98. The van der Waals surface area contributed by atoms with Crippen LogP contribution in [0.3, 0.4) is 0 Å². The number of carbonyl (C=O) groups excluding carboxylic acids is 1. The number of hydrogen-bond acceptors (Lipinski definition) is 4. The highest BCUT2D eigenvalue weighted by Crippen LogP contribution is 2.21. The first-order valence-electron chi connectivity index (χ1n) is 10.4. The molecule has 0 bridgehead atoms. The largest absolute Gasteiger partial charge is 0.490 e. The van der Waals surface area contributed by atoms with Crippen LogP contribution in [0.1, 0.15) is 22.3 Å². The average Bonchev–Trinajstić information content (AvgIpc) is 2.82. The Hall–Kier alpha value is -4.04. The second-order valence-corrected chi connectivity index (χ2v) is 7.32. The molecule has 0 aromatic heterocycles. The molecule has 0 saturated heterocycles. The van der Waals surface area contributed by atoms with Gasteiger partial charge >= 0.3 is 0 Å². The standard InChI is InChI=1S/C27H26N2O3/c1-20-12-13-25(16-21(20)2)31-14-15-32-26-11-7-6-10-23(26)17-24(18-28)27(30)29-19-22-8-4-3-5-9-22/h3-13,16-17H,14-15,19H2,1-2H3,(H,29,30)/b24-17+. The van der Waals surface area contributed by atoms with Crippen LogP contribution in [0.15, 0.2) is 78.4 Å². The summed E-state index contributed by atoms with van der Waals surface area (Å²) in [5, 5.41) is 12.3. The van der Waals surface area contributed by atoms with Crippen LogP contribution in [0.4, 0.5) is 0 Å². The Balaban J connectivity index is 1.59. The van der Waals surface area contributed by atoms with Crippen molar-refractivity contribution in [1.82, 2.24) is 5.32 Å². The van der Waals surface area contributed by atoms with E-state index in [2.05, 4.69) is 12.2 Å². The normalized spacial score (nSPS) is 10.8. The lowest BCUT2D eigenvalue weighted by Crippen LogP contribution is -2.23. The molecule has 0 aliphatic carbocycles. The molecule has 32 heavy (non-hydrogen) atoms. The number of hydrogen-bond donors (Lipinski definition) is 1. The van der Waals surface area contributed by atoms with Crippen LogP contribution in [-0.2, 0) is 11.3 Å². The number of nitrogens with zero attached hydrogens (tertiary/aromatic N) is 1. The molecule has 3 aromatic carbocycles. The zero-order chi connectivity index (χ0) is 22.8. The summed E-state index contributed by atoms with van der Waals surface area (Å²) >= 11 is 0. The summed E-state index contributed by atoms with van der Waals surface area (Å²) < 4.78 is 11.6. The summed E-state index contributed by atoms with van der Waals surface area (Å²) in [6.07, 6.45) is 1.54. The molecule has 0 fully saturated rings. The van der Waals surface area contributed by atoms with Crippen molar-refractivity contribution < 1.29 is 14.3 Å². The lowest BCUT2D eigenvalue weighted by atomic mass is 10.1. The van der Waals surface area contributed by atoms with Gasteiger partial charge in [-0.3, -0.25) is 4.79 Å². The molecule has 0 unspecified atom stereocenters. The van der Waals surface area contributed by atoms with Gasteiger partial charge in [-0.15, -0.1) is 0 Å². The molecule has 0 atom stereocenters. The quantitative estimate of drug-likeness (QED) is 0.297. The minimum absolute atomic E-state index is 0.0170. The van der Waals surface area contributed by atoms with Crippen molar-refractivity contribution in [2.75, 3.05) is 13.2 Å². The van der Waals surface area contributed by atoms with Crippen molar-refractivity contribution in [3.05, 3.63) is 101 Å². The van der Waals surface area contributed by atoms with Gasteiger partial charge in [-0.2, -0.15) is 5.26 Å². The number of nitriles is 1. The monoisotopic (exact) mass is 426 g/mol. The first kappa shape index (κ1) is 22.6. The molecular weight excluding hydrogens is 400 g/mol. The van der Waals surface area contributed by atoms with Gasteiger partial charge in [-0.1, -0.05) is 54.6 Å². The van der Waals surface area contributed by atoms with Gasteiger partial charge in [0.05, 0.1) is 0 Å². The number of ether oxygens (including phenoxy) is 2. The molecule has 5 heteroatoms. The molecule has 0 aliphatic rings. The Kier molecular flexibility index (Phi) is 8.05. The van der Waals surface area contributed by atoms with Gasteiger partial charge in [0.1, 0.15) is 36.4 Å². The van der Waals surface area contributed by atoms with E-state index in [0.717, 1.165) is 11.3 Å². The Morgan fingerprint density at radius 2 is 1.66 bits per heavy atom. The molecule has 0 radical (unpaired) electrons. The van der Waals surface area contributed by atoms with Crippen molar-refractivity contribution >= 4 is 12.0 Å². The fraction of sp³-hybridized carbons (Fsp3) is 0.185. The molecule has 1 N–H and O–H groups in total. The SMILES string of the molecule is Cc1ccc(OCCOc2ccccc2/C=C(\C#N)C(=O)NCc2ccccc2)cc1C. The van der Waals surface area contributed by atoms with E-state index in [4.69, 9.17) is 9.47 Å². The van der Waals surface area contributed by atoms with E-state index in [1.807, 2.05) is 73.7 Å². The first-order chi connectivity index (χ1) is 15.6. The van der Waals surface area contributed by atoms with E-state index in [1.165, 1.54) is 11.1 Å². The summed E-state index contributed by atoms with van der Waals surface area (Å²) in [5.74, 6) is 0.954. The molecule has 3 aromatic rings. The molecule has 162 valence electrons. The van der Waals surface area contributed by atoms with Crippen LogP contribution in [0.2, 0.25) is 0 Å². The van der Waals surface area contributed by atoms with Gasteiger partial charge in [0.25, 0.3) is 5.91 Å². The second-order valence-electron chi connectivity index (χ2n) is 7.32. The molecule has 0 heterocycles. The Bertz CT molecular complexity index is 1130. The summed E-state index contributed by atoms with van der Waals surface area (Å²) in [4.78, 5) is 12.5. The maximum absolute atomic E-state index is 12.5. The molecular formula is C27H26N2O3. The van der Waals surface area contributed by atoms with E-state index in [0.29, 0.717) is 31.1 Å². The third-order valence-corrected chi connectivity index (χ3v) is 4.97. The van der Waals surface area contributed by atoms with Crippen molar-refractivity contribution in [2.45, 2.75) is 20.4 Å². The van der Waals surface area contributed by atoms with Gasteiger partial charge in [0.15, 0.2) is 0 Å². The van der Waals surface area contributed by atoms with Crippen LogP contribution in [0.25, 0.3) is 6.08 Å². The number of nitrogens with one attached hydrogen (secondary N) is 1. The molecule has 3 rings (SSSR count). The van der Waals surface area contributed by atoms with Gasteiger partial charge < -0.3 is 14.8 Å². The summed E-state index contributed by atoms with van der Waals surface area (Å²) in [6, 6.07) is 24.8. The fourth-order valence-corrected chi connectivity index (χ4v) is 3.02. The smallest absolute Gasteiger partial charge is 0.262 e. The van der Waals surface area contributed by atoms with Crippen molar-refractivity contribution in [1.29, 1.82) is 5.26 Å². The summed E-state index contributed by atoms with van der Waals surface area (Å²) in [6.45, 7) is 5.17. The van der Waals surface area contributed by atoms with Crippen molar-refractivity contribution in [3.63, 3.8) is 0 Å². The van der Waals surface area contributed by atoms with Crippen molar-refractivity contribution in [2.24, 2.45) is 0 Å². The predicted molar refractivity (Wildman–Crippen MR) is 125 cm³/mol. The highest BCUT2D eigenvalue weighted by molar-refractivity contribution is 6.01. The van der Waals surface area contributed by atoms with E-state index < -0.39 is 5.91 Å². The van der Waals surface area contributed by atoms with Gasteiger partial charge in [0.2, 0.25) is 0 Å². The number of rotatable bonds is 9. The molecule has 0 saturated carbocycles. The highest BCUT2D eigenvalue weighted by atomic mass is 16.5. The average molecular weight is 427 g/mol. The zero-order valence-corrected chi connectivity index (χ0v) is 18.3. The number of aryl methyl sites for hydroxylation is 2. The summed E-state index contributed by atoms with van der Waals surface area (Å²) in [5.41, 5.74) is 4.03. The third kappa shape index (κ3) is 6.48. The minimum Gasteiger partial charge on any atom is -0.490 e. The maximum atomic E-state index is 12.5. The van der Waals surface area contributed by atoms with Gasteiger partial charge in [-0.05, 0) is 54.8 Å². The maximum Gasteiger partial charge on any atom is 0.262 e. The lowest BCUT2D eigenvalue weighted by molar-refractivity contribution is -0.117. The van der Waals surface area contributed by atoms with E-state index in [-0.39, 0.29) is 5.57 Å². The Labute approximate surface area is 188 Å². The van der Waals surface area contributed by atoms with E-state index in [9.17, 15) is 10.1 Å². The fourth-order valence-electron chi connectivity index (χ4n) is 3.02.